The molecular formula is C22H21N3O4S. The summed E-state index contributed by atoms with van der Waals surface area (Å²) in [5, 5.41) is 5.24. The first-order chi connectivity index (χ1) is 14.3. The number of hydrogen-bond acceptors (Lipinski definition) is 4. The smallest absolute Gasteiger partial charge is 0.264 e. The number of sulfonamides is 1. The predicted molar refractivity (Wildman–Crippen MR) is 116 cm³/mol. The van der Waals surface area contributed by atoms with Crippen LogP contribution >= 0.6 is 0 Å². The number of para-hydroxylation sites is 1. The molecule has 3 aromatic carbocycles. The Labute approximate surface area is 175 Å². The lowest BCUT2D eigenvalue weighted by Gasteiger charge is -2.19. The van der Waals surface area contributed by atoms with E-state index < -0.39 is 10.0 Å². The van der Waals surface area contributed by atoms with Crippen molar-refractivity contribution >= 4 is 33.2 Å². The third kappa shape index (κ3) is 4.49. The van der Waals surface area contributed by atoms with Gasteiger partial charge in [0.2, 0.25) is 0 Å². The second-order valence-electron chi connectivity index (χ2n) is 6.44. The number of hydrogen-bond donors (Lipinski definition) is 2. The Kier molecular flexibility index (Phi) is 6.17. The first kappa shape index (κ1) is 21.1. The minimum absolute atomic E-state index is 0.0836. The molecule has 2 N–H and O–H groups in total. The summed E-state index contributed by atoms with van der Waals surface area (Å²) in [5.41, 5.74) is 1.85. The number of amides is 2. The largest absolute Gasteiger partial charge is 0.355 e. The third-order valence-corrected chi connectivity index (χ3v) is 6.33. The van der Waals surface area contributed by atoms with Gasteiger partial charge in [0.25, 0.3) is 21.8 Å². The van der Waals surface area contributed by atoms with Crippen LogP contribution in [0.15, 0.2) is 83.8 Å². The van der Waals surface area contributed by atoms with Gasteiger partial charge >= 0.3 is 0 Å². The molecule has 3 rings (SSSR count). The molecule has 30 heavy (non-hydrogen) atoms. The molecule has 0 aliphatic rings. The predicted octanol–water partition coefficient (Wildman–Crippen LogP) is 3.12. The van der Waals surface area contributed by atoms with Crippen LogP contribution in [0.3, 0.4) is 0 Å². The summed E-state index contributed by atoms with van der Waals surface area (Å²) < 4.78 is 26.8. The average molecular weight is 423 g/mol. The quantitative estimate of drug-likeness (QED) is 0.637. The van der Waals surface area contributed by atoms with Crippen molar-refractivity contribution in [1.29, 1.82) is 0 Å². The zero-order valence-electron chi connectivity index (χ0n) is 16.5. The fourth-order valence-electron chi connectivity index (χ4n) is 2.77. The van der Waals surface area contributed by atoms with Crippen LogP contribution in [0.5, 0.6) is 0 Å². The molecule has 0 atom stereocenters. The molecule has 2 amide bonds. The molecule has 8 heteroatoms. The zero-order valence-corrected chi connectivity index (χ0v) is 17.3. The maximum Gasteiger partial charge on any atom is 0.264 e. The zero-order chi connectivity index (χ0) is 21.7. The molecule has 0 saturated carbocycles. The Balaban J connectivity index is 1.73. The number of carbonyl (C=O) groups excluding carboxylic acids is 2. The van der Waals surface area contributed by atoms with Gasteiger partial charge in [-0.15, -0.1) is 0 Å². The van der Waals surface area contributed by atoms with E-state index in [0.717, 1.165) is 0 Å². The Morgan fingerprint density at radius 2 is 1.30 bits per heavy atom. The molecule has 7 nitrogen and oxygen atoms in total. The van der Waals surface area contributed by atoms with E-state index in [0.29, 0.717) is 22.5 Å². The highest BCUT2D eigenvalue weighted by atomic mass is 32.2. The summed E-state index contributed by atoms with van der Waals surface area (Å²) >= 11 is 0. The second-order valence-corrected chi connectivity index (χ2v) is 8.41. The van der Waals surface area contributed by atoms with Crippen LogP contribution in [0.25, 0.3) is 0 Å². The SMILES string of the molecule is CNC(=O)c1ccc(NC(=O)c2ccc(S(=O)(=O)N(C)c3ccccc3)cc2)cc1. The first-order valence-corrected chi connectivity index (χ1v) is 10.5. The molecule has 154 valence electrons. The van der Waals surface area contributed by atoms with Crippen molar-refractivity contribution in [2.45, 2.75) is 4.90 Å². The van der Waals surface area contributed by atoms with Crippen molar-refractivity contribution in [2.75, 3.05) is 23.7 Å². The van der Waals surface area contributed by atoms with E-state index in [1.165, 1.54) is 35.6 Å². The van der Waals surface area contributed by atoms with Crippen LogP contribution in [0.2, 0.25) is 0 Å². The summed E-state index contributed by atoms with van der Waals surface area (Å²) in [7, 11) is -0.724. The molecule has 0 aliphatic heterocycles. The fourth-order valence-corrected chi connectivity index (χ4v) is 3.96. The van der Waals surface area contributed by atoms with Gasteiger partial charge in [0, 0.05) is 30.9 Å². The van der Waals surface area contributed by atoms with Crippen LogP contribution in [-0.2, 0) is 10.0 Å². The van der Waals surface area contributed by atoms with Gasteiger partial charge < -0.3 is 10.6 Å². The van der Waals surface area contributed by atoms with E-state index in [2.05, 4.69) is 10.6 Å². The van der Waals surface area contributed by atoms with Gasteiger partial charge in [-0.1, -0.05) is 18.2 Å². The van der Waals surface area contributed by atoms with Crippen LogP contribution in [0.4, 0.5) is 11.4 Å². The van der Waals surface area contributed by atoms with Crippen molar-refractivity contribution < 1.29 is 18.0 Å². The molecule has 0 bridgehead atoms. The summed E-state index contributed by atoms with van der Waals surface area (Å²) in [4.78, 5) is 24.1. The number of benzene rings is 3. The van der Waals surface area contributed by atoms with E-state index in [9.17, 15) is 18.0 Å². The maximum absolute atomic E-state index is 12.8. The van der Waals surface area contributed by atoms with Crippen molar-refractivity contribution in [3.63, 3.8) is 0 Å². The molecule has 0 heterocycles. The Morgan fingerprint density at radius 1 is 0.767 bits per heavy atom. The highest BCUT2D eigenvalue weighted by molar-refractivity contribution is 7.92. The van der Waals surface area contributed by atoms with E-state index >= 15 is 0 Å². The van der Waals surface area contributed by atoms with Crippen molar-refractivity contribution in [2.24, 2.45) is 0 Å². The number of anilines is 2. The molecule has 0 spiro atoms. The lowest BCUT2D eigenvalue weighted by atomic mass is 10.1. The van der Waals surface area contributed by atoms with Gasteiger partial charge in [-0.05, 0) is 60.7 Å². The molecule has 0 unspecified atom stereocenters. The highest BCUT2D eigenvalue weighted by Gasteiger charge is 2.21. The first-order valence-electron chi connectivity index (χ1n) is 9.10. The number of carbonyl (C=O) groups is 2. The lowest BCUT2D eigenvalue weighted by molar-refractivity contribution is 0.0962. The molecule has 3 aromatic rings. The summed E-state index contributed by atoms with van der Waals surface area (Å²) in [6.07, 6.45) is 0. The van der Waals surface area contributed by atoms with Crippen molar-refractivity contribution in [1.82, 2.24) is 5.32 Å². The van der Waals surface area contributed by atoms with Crippen LogP contribution in [0, 0.1) is 0 Å². The topological polar surface area (TPSA) is 95.6 Å². The summed E-state index contributed by atoms with van der Waals surface area (Å²) in [6, 6.07) is 20.9. The van der Waals surface area contributed by atoms with E-state index in [4.69, 9.17) is 0 Å². The minimum atomic E-state index is -3.75. The summed E-state index contributed by atoms with van der Waals surface area (Å²) in [5.74, 6) is -0.604. The van der Waals surface area contributed by atoms with Gasteiger partial charge in [0.1, 0.15) is 0 Å². The lowest BCUT2D eigenvalue weighted by Crippen LogP contribution is -2.26. The standard InChI is InChI=1S/C22H21N3O4S/c1-23-21(26)16-8-12-18(13-9-16)24-22(27)17-10-14-20(15-11-17)30(28,29)25(2)19-6-4-3-5-7-19/h3-15H,1-2H3,(H,23,26)(H,24,27). The number of nitrogens with zero attached hydrogens (tertiary/aromatic N) is 1. The number of nitrogens with one attached hydrogen (secondary N) is 2. The fraction of sp³-hybridized carbons (Fsp3) is 0.0909. The second kappa shape index (κ2) is 8.79. The van der Waals surface area contributed by atoms with Crippen molar-refractivity contribution in [3.05, 3.63) is 90.0 Å². The molecule has 0 aromatic heterocycles. The van der Waals surface area contributed by atoms with E-state index in [-0.39, 0.29) is 16.7 Å². The van der Waals surface area contributed by atoms with Gasteiger partial charge in [-0.2, -0.15) is 0 Å². The van der Waals surface area contributed by atoms with Crippen LogP contribution in [-0.4, -0.2) is 34.3 Å². The molecule has 0 aliphatic carbocycles. The highest BCUT2D eigenvalue weighted by Crippen LogP contribution is 2.22. The van der Waals surface area contributed by atoms with Crippen LogP contribution < -0.4 is 14.9 Å². The Morgan fingerprint density at radius 3 is 1.87 bits per heavy atom. The Hall–Kier alpha value is -3.65. The van der Waals surface area contributed by atoms with Gasteiger partial charge in [-0.25, -0.2) is 8.42 Å². The summed E-state index contributed by atoms with van der Waals surface area (Å²) in [6.45, 7) is 0. The van der Waals surface area contributed by atoms with E-state index in [1.807, 2.05) is 6.07 Å². The van der Waals surface area contributed by atoms with Gasteiger partial charge in [0.05, 0.1) is 10.6 Å². The van der Waals surface area contributed by atoms with Gasteiger partial charge in [0.15, 0.2) is 0 Å². The molecule has 0 fully saturated rings. The molecule has 0 radical (unpaired) electrons. The van der Waals surface area contributed by atoms with Crippen LogP contribution in [0.1, 0.15) is 20.7 Å². The molecular weight excluding hydrogens is 402 g/mol. The normalized spacial score (nSPS) is 10.9. The van der Waals surface area contributed by atoms with Crippen molar-refractivity contribution in [3.8, 4) is 0 Å². The Bertz CT molecular complexity index is 1140. The average Bonchev–Trinajstić information content (AvgIpc) is 2.79. The monoisotopic (exact) mass is 423 g/mol. The third-order valence-electron chi connectivity index (χ3n) is 4.53. The number of rotatable bonds is 6. The van der Waals surface area contributed by atoms with Gasteiger partial charge in [-0.3, -0.25) is 13.9 Å². The maximum atomic E-state index is 12.8. The minimum Gasteiger partial charge on any atom is -0.355 e. The molecule has 0 saturated heterocycles. The van der Waals surface area contributed by atoms with E-state index in [1.54, 1.807) is 55.6 Å².